The van der Waals surface area contributed by atoms with E-state index in [4.69, 9.17) is 0 Å². The van der Waals surface area contributed by atoms with E-state index in [9.17, 15) is 0 Å². The Labute approximate surface area is 70.0 Å². The van der Waals surface area contributed by atoms with Crippen molar-refractivity contribution in [1.82, 2.24) is 10.2 Å². The lowest BCUT2D eigenvalue weighted by molar-refractivity contribution is 1.12. The molecule has 0 atom stereocenters. The zero-order valence-electron chi connectivity index (χ0n) is 6.13. The first-order valence-electron chi connectivity index (χ1n) is 3.40. The molecule has 0 aliphatic heterocycles. The Bertz CT molecular complexity index is 392. The summed E-state index contributed by atoms with van der Waals surface area (Å²) in [5, 5.41) is 7.91. The second-order valence-electron chi connectivity index (χ2n) is 2.56. The number of hydrogen-bond donors (Lipinski definition) is 2. The van der Waals surface area contributed by atoms with E-state index in [0.717, 1.165) is 15.8 Å². The largest absolute Gasteiger partial charge is 0.278 e. The zero-order valence-corrected chi connectivity index (χ0v) is 7.02. The number of hydrogen-bond acceptors (Lipinski definition) is 2. The Balaban J connectivity index is 2.93. The van der Waals surface area contributed by atoms with Gasteiger partial charge in [-0.2, -0.15) is 5.10 Å². The lowest BCUT2D eigenvalue weighted by atomic mass is 10.2. The SMILES string of the molecule is Cc1ccc2[nH]ncc2c1S. The minimum absolute atomic E-state index is 1.01. The van der Waals surface area contributed by atoms with Crippen molar-refractivity contribution >= 4 is 23.5 Å². The summed E-state index contributed by atoms with van der Waals surface area (Å²) < 4.78 is 0. The second-order valence-corrected chi connectivity index (χ2v) is 3.01. The number of rotatable bonds is 0. The summed E-state index contributed by atoms with van der Waals surface area (Å²) in [5.41, 5.74) is 2.22. The van der Waals surface area contributed by atoms with Gasteiger partial charge in [0.05, 0.1) is 11.7 Å². The van der Waals surface area contributed by atoms with Crippen LogP contribution >= 0.6 is 12.6 Å². The molecule has 1 N–H and O–H groups in total. The number of nitrogens with one attached hydrogen (secondary N) is 1. The first-order valence-corrected chi connectivity index (χ1v) is 3.85. The predicted octanol–water partition coefficient (Wildman–Crippen LogP) is 2.16. The predicted molar refractivity (Wildman–Crippen MR) is 48.1 cm³/mol. The quantitative estimate of drug-likeness (QED) is 0.574. The van der Waals surface area contributed by atoms with Crippen molar-refractivity contribution in [2.45, 2.75) is 11.8 Å². The molecule has 0 aliphatic rings. The van der Waals surface area contributed by atoms with Crippen LogP contribution in [0.5, 0.6) is 0 Å². The van der Waals surface area contributed by atoms with Gasteiger partial charge in [-0.1, -0.05) is 6.07 Å². The molecule has 1 aromatic carbocycles. The summed E-state index contributed by atoms with van der Waals surface area (Å²) in [4.78, 5) is 1.01. The number of aromatic nitrogens is 2. The highest BCUT2D eigenvalue weighted by atomic mass is 32.1. The smallest absolute Gasteiger partial charge is 0.0661 e. The summed E-state index contributed by atoms with van der Waals surface area (Å²) in [5.74, 6) is 0. The summed E-state index contributed by atoms with van der Waals surface area (Å²) in [6.07, 6.45) is 1.80. The first kappa shape index (κ1) is 6.73. The molecule has 0 unspecified atom stereocenters. The molecule has 56 valence electrons. The third-order valence-corrected chi connectivity index (χ3v) is 2.39. The summed E-state index contributed by atoms with van der Waals surface area (Å²) in [7, 11) is 0. The summed E-state index contributed by atoms with van der Waals surface area (Å²) >= 11 is 4.37. The van der Waals surface area contributed by atoms with Crippen molar-refractivity contribution in [3.63, 3.8) is 0 Å². The first-order chi connectivity index (χ1) is 5.29. The third-order valence-electron chi connectivity index (χ3n) is 1.80. The molecule has 0 saturated heterocycles. The van der Waals surface area contributed by atoms with Crippen molar-refractivity contribution in [1.29, 1.82) is 0 Å². The summed E-state index contributed by atoms with van der Waals surface area (Å²) in [6.45, 7) is 2.04. The van der Waals surface area contributed by atoms with Crippen LogP contribution < -0.4 is 0 Å². The molecule has 0 bridgehead atoms. The standard InChI is InChI=1S/C8H8N2S/c1-5-2-3-7-6(8(5)11)4-9-10-7/h2-4,11H,1H3,(H,9,10). The number of H-pyrrole nitrogens is 1. The molecule has 2 rings (SSSR count). The highest BCUT2D eigenvalue weighted by Gasteiger charge is 2.00. The van der Waals surface area contributed by atoms with Gasteiger partial charge in [0, 0.05) is 10.3 Å². The van der Waals surface area contributed by atoms with Gasteiger partial charge in [0.25, 0.3) is 0 Å². The molecule has 11 heavy (non-hydrogen) atoms. The maximum atomic E-state index is 4.37. The molecule has 1 aromatic heterocycles. The molecule has 2 nitrogen and oxygen atoms in total. The van der Waals surface area contributed by atoms with Gasteiger partial charge in [0.2, 0.25) is 0 Å². The molecular formula is C8H8N2S. The van der Waals surface area contributed by atoms with Gasteiger partial charge in [0.1, 0.15) is 0 Å². The van der Waals surface area contributed by atoms with E-state index in [1.807, 2.05) is 19.1 Å². The fourth-order valence-electron chi connectivity index (χ4n) is 1.11. The molecule has 0 amide bonds. The Morgan fingerprint density at radius 2 is 2.27 bits per heavy atom. The fourth-order valence-corrected chi connectivity index (χ4v) is 1.36. The van der Waals surface area contributed by atoms with E-state index < -0.39 is 0 Å². The van der Waals surface area contributed by atoms with E-state index in [-0.39, 0.29) is 0 Å². The van der Waals surface area contributed by atoms with E-state index in [2.05, 4.69) is 22.8 Å². The van der Waals surface area contributed by atoms with E-state index in [1.165, 1.54) is 5.56 Å². The minimum atomic E-state index is 1.01. The molecule has 0 fully saturated rings. The van der Waals surface area contributed by atoms with Gasteiger partial charge < -0.3 is 0 Å². The average molecular weight is 164 g/mol. The maximum Gasteiger partial charge on any atom is 0.0661 e. The van der Waals surface area contributed by atoms with Crippen molar-refractivity contribution in [3.8, 4) is 0 Å². The van der Waals surface area contributed by atoms with Gasteiger partial charge in [0.15, 0.2) is 0 Å². The van der Waals surface area contributed by atoms with Gasteiger partial charge in [-0.3, -0.25) is 5.10 Å². The van der Waals surface area contributed by atoms with E-state index in [0.29, 0.717) is 0 Å². The lowest BCUT2D eigenvalue weighted by Crippen LogP contribution is -1.76. The van der Waals surface area contributed by atoms with Crippen LogP contribution in [-0.4, -0.2) is 10.2 Å². The van der Waals surface area contributed by atoms with Crippen molar-refractivity contribution in [2.75, 3.05) is 0 Å². The minimum Gasteiger partial charge on any atom is -0.278 e. The number of nitrogens with zero attached hydrogens (tertiary/aromatic N) is 1. The maximum absolute atomic E-state index is 4.37. The molecular weight excluding hydrogens is 156 g/mol. The van der Waals surface area contributed by atoms with Crippen LogP contribution in [0.15, 0.2) is 23.2 Å². The topological polar surface area (TPSA) is 28.7 Å². The molecule has 2 aromatic rings. The van der Waals surface area contributed by atoms with E-state index in [1.54, 1.807) is 6.20 Å². The highest BCUT2D eigenvalue weighted by Crippen LogP contribution is 2.22. The van der Waals surface area contributed by atoms with Crippen LogP contribution in [-0.2, 0) is 0 Å². The van der Waals surface area contributed by atoms with Crippen molar-refractivity contribution in [3.05, 3.63) is 23.9 Å². The zero-order chi connectivity index (χ0) is 7.84. The second kappa shape index (κ2) is 2.27. The van der Waals surface area contributed by atoms with Gasteiger partial charge in [-0.25, -0.2) is 0 Å². The number of fused-ring (bicyclic) bond motifs is 1. The molecule has 0 saturated carbocycles. The number of benzene rings is 1. The Kier molecular flexibility index (Phi) is 1.39. The number of thiol groups is 1. The van der Waals surface area contributed by atoms with Gasteiger partial charge in [-0.15, -0.1) is 12.6 Å². The third kappa shape index (κ3) is 0.922. The number of aromatic amines is 1. The van der Waals surface area contributed by atoms with Gasteiger partial charge >= 0.3 is 0 Å². The van der Waals surface area contributed by atoms with Crippen LogP contribution in [0.4, 0.5) is 0 Å². The van der Waals surface area contributed by atoms with Crippen LogP contribution in [0.3, 0.4) is 0 Å². The lowest BCUT2D eigenvalue weighted by Gasteiger charge is -1.97. The Morgan fingerprint density at radius 3 is 3.09 bits per heavy atom. The normalized spacial score (nSPS) is 10.7. The van der Waals surface area contributed by atoms with Crippen LogP contribution in [0.25, 0.3) is 10.9 Å². The summed E-state index contributed by atoms with van der Waals surface area (Å²) in [6, 6.07) is 4.04. The van der Waals surface area contributed by atoms with Crippen LogP contribution in [0.1, 0.15) is 5.56 Å². The fraction of sp³-hybridized carbons (Fsp3) is 0.125. The average Bonchev–Trinajstić information content (AvgIpc) is 2.45. The molecule has 0 aliphatic carbocycles. The number of aryl methyl sites for hydroxylation is 1. The highest BCUT2D eigenvalue weighted by molar-refractivity contribution is 7.80. The van der Waals surface area contributed by atoms with Crippen molar-refractivity contribution in [2.24, 2.45) is 0 Å². The van der Waals surface area contributed by atoms with Crippen LogP contribution in [0, 0.1) is 6.92 Å². The van der Waals surface area contributed by atoms with Crippen molar-refractivity contribution < 1.29 is 0 Å². The van der Waals surface area contributed by atoms with Gasteiger partial charge in [-0.05, 0) is 18.6 Å². The molecule has 0 radical (unpaired) electrons. The monoisotopic (exact) mass is 164 g/mol. The molecule has 0 spiro atoms. The van der Waals surface area contributed by atoms with E-state index >= 15 is 0 Å². The Hall–Kier alpha value is -0.960. The molecule has 3 heteroatoms. The Morgan fingerprint density at radius 1 is 1.45 bits per heavy atom. The van der Waals surface area contributed by atoms with Crippen LogP contribution in [0.2, 0.25) is 0 Å². The molecule has 1 heterocycles.